The van der Waals surface area contributed by atoms with Crippen LogP contribution in [0.5, 0.6) is 0 Å². The Labute approximate surface area is 237 Å². The lowest BCUT2D eigenvalue weighted by molar-refractivity contribution is 0.0607. The van der Waals surface area contributed by atoms with Crippen molar-refractivity contribution >= 4 is 17.1 Å². The predicted molar refractivity (Wildman–Crippen MR) is 158 cm³/mol. The molecule has 4 aromatic rings. The highest BCUT2D eigenvalue weighted by molar-refractivity contribution is 5.94. The summed E-state index contributed by atoms with van der Waals surface area (Å²) in [4.78, 5) is 27.6. The molecule has 0 saturated carbocycles. The van der Waals surface area contributed by atoms with Crippen LogP contribution in [-0.2, 0) is 5.41 Å². The van der Waals surface area contributed by atoms with Gasteiger partial charge in [-0.05, 0) is 93.7 Å². The van der Waals surface area contributed by atoms with Gasteiger partial charge in [0.2, 0.25) is 0 Å². The molecular weight excluding hydrogens is 494 g/mol. The zero-order valence-electron chi connectivity index (χ0n) is 23.5. The third kappa shape index (κ3) is 4.52. The number of imidazole rings is 1. The van der Waals surface area contributed by atoms with Gasteiger partial charge in [0.05, 0.1) is 0 Å². The lowest BCUT2D eigenvalue weighted by Crippen LogP contribution is -2.49. The maximum Gasteiger partial charge on any atom is 0.253 e. The number of aryl methyl sites for hydroxylation is 1. The van der Waals surface area contributed by atoms with E-state index in [0.717, 1.165) is 61.4 Å². The molecule has 0 aliphatic carbocycles. The summed E-state index contributed by atoms with van der Waals surface area (Å²) in [5, 5.41) is 0. The van der Waals surface area contributed by atoms with Crippen molar-refractivity contribution in [3.8, 4) is 0 Å². The maximum absolute atomic E-state index is 13.2. The summed E-state index contributed by atoms with van der Waals surface area (Å²) in [5.41, 5.74) is 4.40. The summed E-state index contributed by atoms with van der Waals surface area (Å²) < 4.78 is 2.42. The van der Waals surface area contributed by atoms with Gasteiger partial charge in [-0.3, -0.25) is 9.69 Å². The van der Waals surface area contributed by atoms with E-state index in [4.69, 9.17) is 9.97 Å². The van der Waals surface area contributed by atoms with Crippen molar-refractivity contribution in [3.05, 3.63) is 95.9 Å². The minimum Gasteiger partial charge on any atom is -0.339 e. The second-order valence-electron chi connectivity index (χ2n) is 12.2. The average molecular weight is 534 g/mol. The predicted octanol–water partition coefficient (Wildman–Crippen LogP) is 6.17. The van der Waals surface area contributed by atoms with Crippen LogP contribution in [0.2, 0.25) is 0 Å². The molecule has 3 atom stereocenters. The van der Waals surface area contributed by atoms with E-state index < -0.39 is 0 Å². The molecule has 2 aromatic carbocycles. The van der Waals surface area contributed by atoms with Crippen LogP contribution < -0.4 is 0 Å². The van der Waals surface area contributed by atoms with Crippen LogP contribution >= 0.6 is 0 Å². The monoisotopic (exact) mass is 533 g/mol. The van der Waals surface area contributed by atoms with Crippen LogP contribution in [0.4, 0.5) is 0 Å². The molecule has 3 saturated heterocycles. The number of benzene rings is 2. The van der Waals surface area contributed by atoms with Gasteiger partial charge in [0.1, 0.15) is 11.3 Å². The molecule has 2 bridgehead atoms. The SMILES string of the molecule is Cc1nc2cccnc2n1C1C[C@H]2CC[C@@H](C1)N2CCC1(c2ccccc2)CCN(C(=O)c2ccccc2)CC1. The summed E-state index contributed by atoms with van der Waals surface area (Å²) in [6, 6.07) is 26.6. The minimum atomic E-state index is 0.117. The molecule has 0 N–H and O–H groups in total. The molecule has 6 nitrogen and oxygen atoms in total. The van der Waals surface area contributed by atoms with Crippen molar-refractivity contribution in [1.82, 2.24) is 24.3 Å². The van der Waals surface area contributed by atoms with E-state index in [-0.39, 0.29) is 11.3 Å². The number of hydrogen-bond donors (Lipinski definition) is 0. The fourth-order valence-corrected chi connectivity index (χ4v) is 8.02. The smallest absolute Gasteiger partial charge is 0.253 e. The molecule has 3 aliphatic heterocycles. The topological polar surface area (TPSA) is 54.3 Å². The number of fused-ring (bicyclic) bond motifs is 3. The van der Waals surface area contributed by atoms with Crippen molar-refractivity contribution in [2.45, 2.75) is 75.4 Å². The summed E-state index contributed by atoms with van der Waals surface area (Å²) in [5.74, 6) is 1.26. The third-order valence-electron chi connectivity index (χ3n) is 10.1. The van der Waals surface area contributed by atoms with Crippen molar-refractivity contribution in [3.63, 3.8) is 0 Å². The molecule has 5 heterocycles. The highest BCUT2D eigenvalue weighted by Gasteiger charge is 2.44. The number of nitrogens with zero attached hydrogens (tertiary/aromatic N) is 5. The Balaban J connectivity index is 1.07. The Morgan fingerprint density at radius 3 is 2.25 bits per heavy atom. The summed E-state index contributed by atoms with van der Waals surface area (Å²) in [6.45, 7) is 4.90. The zero-order chi connectivity index (χ0) is 27.1. The van der Waals surface area contributed by atoms with E-state index >= 15 is 0 Å². The Morgan fingerprint density at radius 1 is 0.875 bits per heavy atom. The van der Waals surface area contributed by atoms with E-state index in [2.05, 4.69) is 57.7 Å². The van der Waals surface area contributed by atoms with Gasteiger partial charge in [-0.25, -0.2) is 9.97 Å². The molecule has 3 aliphatic rings. The van der Waals surface area contributed by atoms with Gasteiger partial charge in [0.15, 0.2) is 5.65 Å². The first-order chi connectivity index (χ1) is 19.6. The van der Waals surface area contributed by atoms with E-state index in [1.807, 2.05) is 42.6 Å². The lowest BCUT2D eigenvalue weighted by Gasteiger charge is -2.45. The quantitative estimate of drug-likeness (QED) is 0.297. The molecule has 1 unspecified atom stereocenters. The van der Waals surface area contributed by atoms with Gasteiger partial charge in [0, 0.05) is 43.0 Å². The van der Waals surface area contributed by atoms with Gasteiger partial charge in [-0.15, -0.1) is 0 Å². The molecule has 0 spiro atoms. The Kier molecular flexibility index (Phi) is 6.67. The Bertz CT molecular complexity index is 1460. The number of piperidine rings is 2. The van der Waals surface area contributed by atoms with Crippen LogP contribution in [0.3, 0.4) is 0 Å². The number of likely N-dealkylation sites (tertiary alicyclic amines) is 1. The Morgan fingerprint density at radius 2 is 1.55 bits per heavy atom. The van der Waals surface area contributed by atoms with Gasteiger partial charge in [-0.1, -0.05) is 48.5 Å². The summed E-state index contributed by atoms with van der Waals surface area (Å²) in [7, 11) is 0. The largest absolute Gasteiger partial charge is 0.339 e. The van der Waals surface area contributed by atoms with Crippen LogP contribution in [0, 0.1) is 6.92 Å². The van der Waals surface area contributed by atoms with Crippen molar-refractivity contribution in [2.75, 3.05) is 19.6 Å². The summed E-state index contributed by atoms with van der Waals surface area (Å²) >= 11 is 0. The average Bonchev–Trinajstić information content (AvgIpc) is 3.47. The molecular formula is C34H39N5O. The minimum absolute atomic E-state index is 0.117. The third-order valence-corrected chi connectivity index (χ3v) is 10.1. The molecule has 3 fully saturated rings. The molecule has 6 heteroatoms. The number of carbonyl (C=O) groups excluding carboxylic acids is 1. The molecule has 7 rings (SSSR count). The number of carbonyl (C=O) groups is 1. The van der Waals surface area contributed by atoms with Gasteiger partial charge >= 0.3 is 0 Å². The van der Waals surface area contributed by atoms with Gasteiger partial charge in [0.25, 0.3) is 5.91 Å². The highest BCUT2D eigenvalue weighted by atomic mass is 16.2. The fourth-order valence-electron chi connectivity index (χ4n) is 8.02. The molecule has 40 heavy (non-hydrogen) atoms. The van der Waals surface area contributed by atoms with Crippen LogP contribution in [0.25, 0.3) is 11.2 Å². The first-order valence-electron chi connectivity index (χ1n) is 15.1. The zero-order valence-corrected chi connectivity index (χ0v) is 23.5. The van der Waals surface area contributed by atoms with E-state index in [9.17, 15) is 4.79 Å². The lowest BCUT2D eigenvalue weighted by atomic mass is 9.70. The normalized spacial score (nSPS) is 24.4. The molecule has 1 amide bonds. The molecule has 206 valence electrons. The van der Waals surface area contributed by atoms with Crippen molar-refractivity contribution < 1.29 is 4.79 Å². The number of aromatic nitrogens is 3. The van der Waals surface area contributed by atoms with Crippen LogP contribution in [-0.4, -0.2) is 62.0 Å². The number of rotatable bonds is 6. The van der Waals surface area contributed by atoms with E-state index in [1.54, 1.807) is 0 Å². The first kappa shape index (κ1) is 25.5. The van der Waals surface area contributed by atoms with Crippen molar-refractivity contribution in [2.24, 2.45) is 0 Å². The fraction of sp³-hybridized carbons (Fsp3) is 0.441. The number of hydrogen-bond acceptors (Lipinski definition) is 4. The first-order valence-corrected chi connectivity index (χ1v) is 15.1. The summed E-state index contributed by atoms with van der Waals surface area (Å²) in [6.07, 6.45) is 10.0. The maximum atomic E-state index is 13.2. The molecule has 2 aromatic heterocycles. The second kappa shape index (κ2) is 10.5. The number of pyridine rings is 1. The second-order valence-corrected chi connectivity index (χ2v) is 12.2. The van der Waals surface area contributed by atoms with E-state index in [0.29, 0.717) is 18.1 Å². The highest BCUT2D eigenvalue weighted by Crippen LogP contribution is 2.45. The van der Waals surface area contributed by atoms with Crippen LogP contribution in [0.15, 0.2) is 79.0 Å². The van der Waals surface area contributed by atoms with Gasteiger partial charge < -0.3 is 9.47 Å². The van der Waals surface area contributed by atoms with Crippen molar-refractivity contribution in [1.29, 1.82) is 0 Å². The Hall–Kier alpha value is -3.51. The van der Waals surface area contributed by atoms with E-state index in [1.165, 1.54) is 31.2 Å². The van der Waals surface area contributed by atoms with Gasteiger partial charge in [-0.2, -0.15) is 0 Å². The standard InChI is InChI=1S/C34H39N5O/c1-25-36-31-13-8-19-35-32(31)39(25)30-23-28-14-15-29(24-30)38(28)22-18-34(27-11-6-3-7-12-27)16-20-37(21-17-34)33(40)26-9-4-2-5-10-26/h2-13,19,28-30H,14-18,20-24H2,1H3/t28-,29+,30?. The molecule has 0 radical (unpaired) electrons. The number of amides is 1. The van der Waals surface area contributed by atoms with Crippen LogP contribution in [0.1, 0.15) is 72.7 Å².